The quantitative estimate of drug-likeness (QED) is 0.513. The van der Waals surface area contributed by atoms with Crippen LogP contribution in [0.15, 0.2) is 66.7 Å². The number of rotatable bonds is 8. The van der Waals surface area contributed by atoms with Gasteiger partial charge in [0.2, 0.25) is 0 Å². The maximum atomic E-state index is 12.5. The summed E-state index contributed by atoms with van der Waals surface area (Å²) in [5.41, 5.74) is 1.48. The van der Waals surface area contributed by atoms with Crippen molar-refractivity contribution in [2.24, 2.45) is 5.92 Å². The molecule has 0 saturated carbocycles. The number of benzene rings is 2. The van der Waals surface area contributed by atoms with E-state index in [-0.39, 0.29) is 24.2 Å². The van der Waals surface area contributed by atoms with Crippen molar-refractivity contribution in [3.63, 3.8) is 0 Å². The minimum atomic E-state index is -2.91. The van der Waals surface area contributed by atoms with Crippen molar-refractivity contribution in [1.82, 2.24) is 5.32 Å². The predicted molar refractivity (Wildman–Crippen MR) is 107 cm³/mol. The Morgan fingerprint density at radius 2 is 1.70 bits per heavy atom. The number of carbonyl (C=O) groups excluding carboxylic acids is 2. The summed E-state index contributed by atoms with van der Waals surface area (Å²) >= 11 is 0. The average molecular weight is 415 g/mol. The highest BCUT2D eigenvalue weighted by Crippen LogP contribution is 2.25. The lowest BCUT2D eigenvalue weighted by molar-refractivity contribution is -0.153. The molecule has 2 atom stereocenters. The number of ether oxygens (including phenoxy) is 2. The van der Waals surface area contributed by atoms with Crippen molar-refractivity contribution in [1.29, 1.82) is 0 Å². The standard InChI is InChI=1S/C23H23F2NO4/c24-23(25)30-19-13-11-17(12-14-19)21(16-7-3-1-4-8-16)26-20(27)15-29-22(28)18-9-5-2-6-10-18/h1-5,7-8,11-14,18,21,23H,6,9-10,15H2,(H,26,27)/t18-,21+/m1/s1. The van der Waals surface area contributed by atoms with Gasteiger partial charge >= 0.3 is 12.6 Å². The Balaban J connectivity index is 1.66. The first kappa shape index (κ1) is 21.5. The molecule has 0 heterocycles. The minimum absolute atomic E-state index is 0.0300. The van der Waals surface area contributed by atoms with Gasteiger partial charge in [0.05, 0.1) is 12.0 Å². The molecule has 1 amide bonds. The number of carbonyl (C=O) groups is 2. The predicted octanol–water partition coefficient (Wildman–Crippen LogP) is 4.39. The lowest BCUT2D eigenvalue weighted by Gasteiger charge is -2.21. The van der Waals surface area contributed by atoms with E-state index in [9.17, 15) is 18.4 Å². The van der Waals surface area contributed by atoms with Crippen LogP contribution in [0.2, 0.25) is 0 Å². The number of nitrogens with one attached hydrogen (secondary N) is 1. The molecule has 0 fully saturated rings. The van der Waals surface area contributed by atoms with E-state index >= 15 is 0 Å². The largest absolute Gasteiger partial charge is 0.455 e. The second kappa shape index (κ2) is 10.5. The fraction of sp³-hybridized carbons (Fsp3) is 0.304. The van der Waals surface area contributed by atoms with Gasteiger partial charge in [0, 0.05) is 0 Å². The summed E-state index contributed by atoms with van der Waals surface area (Å²) in [5.74, 6) is -1.01. The van der Waals surface area contributed by atoms with Gasteiger partial charge in [-0.3, -0.25) is 9.59 Å². The van der Waals surface area contributed by atoms with Crippen LogP contribution < -0.4 is 10.1 Å². The van der Waals surface area contributed by atoms with Crippen molar-refractivity contribution in [3.8, 4) is 5.75 Å². The Morgan fingerprint density at radius 3 is 2.33 bits per heavy atom. The molecule has 2 aromatic rings. The Kier molecular flexibility index (Phi) is 7.54. The van der Waals surface area contributed by atoms with Crippen LogP contribution in [0.25, 0.3) is 0 Å². The number of alkyl halides is 2. The Morgan fingerprint density at radius 1 is 1.00 bits per heavy atom. The number of amides is 1. The van der Waals surface area contributed by atoms with E-state index < -0.39 is 18.6 Å². The molecule has 0 bridgehead atoms. The van der Waals surface area contributed by atoms with Crippen LogP contribution in [0, 0.1) is 5.92 Å². The molecule has 5 nitrogen and oxygen atoms in total. The van der Waals surface area contributed by atoms with E-state index in [2.05, 4.69) is 10.1 Å². The van der Waals surface area contributed by atoms with E-state index in [1.54, 1.807) is 12.1 Å². The maximum Gasteiger partial charge on any atom is 0.387 e. The molecule has 1 N–H and O–H groups in total. The van der Waals surface area contributed by atoms with Crippen molar-refractivity contribution >= 4 is 11.9 Å². The fourth-order valence-corrected chi connectivity index (χ4v) is 3.31. The molecule has 0 aliphatic heterocycles. The van der Waals surface area contributed by atoms with Crippen molar-refractivity contribution < 1.29 is 27.8 Å². The molecule has 0 spiro atoms. The summed E-state index contributed by atoms with van der Waals surface area (Å²) in [5, 5.41) is 2.85. The zero-order chi connectivity index (χ0) is 21.3. The molecule has 158 valence electrons. The van der Waals surface area contributed by atoms with Crippen LogP contribution in [0.3, 0.4) is 0 Å². The van der Waals surface area contributed by atoms with Gasteiger partial charge in [-0.2, -0.15) is 8.78 Å². The molecule has 0 unspecified atom stereocenters. The zero-order valence-corrected chi connectivity index (χ0v) is 16.3. The smallest absolute Gasteiger partial charge is 0.387 e. The van der Waals surface area contributed by atoms with Gasteiger partial charge in [-0.15, -0.1) is 0 Å². The molecular weight excluding hydrogens is 392 g/mol. The van der Waals surface area contributed by atoms with E-state index in [1.165, 1.54) is 12.1 Å². The first-order valence-electron chi connectivity index (χ1n) is 9.73. The molecule has 0 radical (unpaired) electrons. The van der Waals surface area contributed by atoms with Gasteiger partial charge in [0.1, 0.15) is 5.75 Å². The third-order valence-electron chi connectivity index (χ3n) is 4.82. The Bertz CT molecular complexity index is 869. The number of hydrogen-bond acceptors (Lipinski definition) is 4. The molecule has 3 rings (SSSR count). The van der Waals surface area contributed by atoms with E-state index in [4.69, 9.17) is 4.74 Å². The molecule has 30 heavy (non-hydrogen) atoms. The monoisotopic (exact) mass is 415 g/mol. The van der Waals surface area contributed by atoms with Gasteiger partial charge < -0.3 is 14.8 Å². The molecule has 2 aromatic carbocycles. The molecule has 1 aliphatic carbocycles. The topological polar surface area (TPSA) is 64.6 Å². The molecular formula is C23H23F2NO4. The molecule has 0 aromatic heterocycles. The average Bonchev–Trinajstić information content (AvgIpc) is 2.77. The van der Waals surface area contributed by atoms with Crippen molar-refractivity contribution in [2.45, 2.75) is 31.9 Å². The van der Waals surface area contributed by atoms with Gasteiger partial charge in [0.25, 0.3) is 5.91 Å². The molecule has 7 heteroatoms. The summed E-state index contributed by atoms with van der Waals surface area (Å²) in [6.07, 6.45) is 6.14. The lowest BCUT2D eigenvalue weighted by atomic mass is 9.95. The van der Waals surface area contributed by atoms with Crippen LogP contribution in [0.4, 0.5) is 8.78 Å². The fourth-order valence-electron chi connectivity index (χ4n) is 3.31. The number of esters is 1. The van der Waals surface area contributed by atoms with E-state index in [1.807, 2.05) is 42.5 Å². The summed E-state index contributed by atoms with van der Waals surface area (Å²) in [6.45, 7) is -3.29. The van der Waals surface area contributed by atoms with Crippen LogP contribution in [-0.4, -0.2) is 25.1 Å². The van der Waals surface area contributed by atoms with Crippen LogP contribution in [0.1, 0.15) is 36.4 Å². The van der Waals surface area contributed by atoms with E-state index in [0.29, 0.717) is 12.0 Å². The highest BCUT2D eigenvalue weighted by Gasteiger charge is 2.22. The summed E-state index contributed by atoms with van der Waals surface area (Å²) in [4.78, 5) is 24.6. The first-order chi connectivity index (χ1) is 14.5. The Hall–Kier alpha value is -3.22. The molecule has 0 saturated heterocycles. The van der Waals surface area contributed by atoms with Crippen molar-refractivity contribution in [2.75, 3.05) is 6.61 Å². The second-order valence-electron chi connectivity index (χ2n) is 6.95. The van der Waals surface area contributed by atoms with E-state index in [0.717, 1.165) is 18.4 Å². The lowest BCUT2D eigenvalue weighted by Crippen LogP contribution is -2.34. The van der Waals surface area contributed by atoms with Crippen LogP contribution in [-0.2, 0) is 14.3 Å². The number of hydrogen-bond donors (Lipinski definition) is 1. The second-order valence-corrected chi connectivity index (χ2v) is 6.95. The summed E-state index contributed by atoms with van der Waals surface area (Å²) < 4.78 is 34.3. The normalized spacial score (nSPS) is 16.7. The first-order valence-corrected chi connectivity index (χ1v) is 9.73. The highest BCUT2D eigenvalue weighted by molar-refractivity contribution is 5.82. The zero-order valence-electron chi connectivity index (χ0n) is 16.3. The SMILES string of the molecule is O=C(COC(=O)[C@@H]1CC=CCC1)N[C@@H](c1ccccc1)c1ccc(OC(F)F)cc1. The molecule has 1 aliphatic rings. The summed E-state index contributed by atoms with van der Waals surface area (Å²) in [6, 6.07) is 14.7. The maximum absolute atomic E-state index is 12.5. The van der Waals surface area contributed by atoms with Gasteiger partial charge in [-0.1, -0.05) is 54.6 Å². The highest BCUT2D eigenvalue weighted by atomic mass is 19.3. The summed E-state index contributed by atoms with van der Waals surface area (Å²) in [7, 11) is 0. The van der Waals surface area contributed by atoms with Crippen molar-refractivity contribution in [3.05, 3.63) is 77.9 Å². The minimum Gasteiger partial charge on any atom is -0.455 e. The van der Waals surface area contributed by atoms with Gasteiger partial charge in [0.15, 0.2) is 6.61 Å². The third kappa shape index (κ3) is 6.14. The van der Waals surface area contributed by atoms with Crippen LogP contribution >= 0.6 is 0 Å². The number of allylic oxidation sites excluding steroid dienone is 2. The van der Waals surface area contributed by atoms with Gasteiger partial charge in [-0.05, 0) is 42.5 Å². The number of halogens is 2. The third-order valence-corrected chi connectivity index (χ3v) is 4.82. The van der Waals surface area contributed by atoms with Gasteiger partial charge in [-0.25, -0.2) is 0 Å². The van der Waals surface area contributed by atoms with Crippen LogP contribution in [0.5, 0.6) is 5.75 Å². The Labute approximate surface area is 173 Å².